The minimum absolute atomic E-state index is 0.152. The highest BCUT2D eigenvalue weighted by atomic mass is 19.4. The number of carbonyl (C=O) groups excluding carboxylic acids is 1. The summed E-state index contributed by atoms with van der Waals surface area (Å²) in [5.41, 5.74) is -1.54. The number of nitrogens with zero attached hydrogens (tertiary/aromatic N) is 2. The maximum atomic E-state index is 13.4. The minimum atomic E-state index is -4.45. The maximum Gasteiger partial charge on any atom is 0.416 e. The number of carboxylic acid groups (broad SMARTS) is 1. The predicted octanol–water partition coefficient (Wildman–Crippen LogP) is 4.75. The summed E-state index contributed by atoms with van der Waals surface area (Å²) in [6, 6.07) is 4.66. The van der Waals surface area contributed by atoms with Gasteiger partial charge in [0, 0.05) is 25.7 Å². The molecule has 0 bridgehead atoms. The maximum absolute atomic E-state index is 13.4. The molecule has 1 aliphatic carbocycles. The van der Waals surface area contributed by atoms with Gasteiger partial charge in [-0.2, -0.15) is 13.2 Å². The van der Waals surface area contributed by atoms with Crippen LogP contribution >= 0.6 is 0 Å². The lowest BCUT2D eigenvalue weighted by molar-refractivity contribution is -0.139. The number of piperidine rings is 1. The molecule has 8 heteroatoms. The van der Waals surface area contributed by atoms with Crippen molar-refractivity contribution in [2.24, 2.45) is 5.41 Å². The number of halogens is 3. The topological polar surface area (TPSA) is 60.9 Å². The molecule has 3 rings (SSSR count). The molecular formula is C22H29F3N2O3. The third-order valence-corrected chi connectivity index (χ3v) is 6.59. The summed E-state index contributed by atoms with van der Waals surface area (Å²) in [5.74, 6) is -0.178. The van der Waals surface area contributed by atoms with Crippen molar-refractivity contribution >= 4 is 12.0 Å². The molecule has 2 aliphatic rings. The molecule has 0 spiro atoms. The normalized spacial score (nSPS) is 23.8. The van der Waals surface area contributed by atoms with Crippen LogP contribution in [0.4, 0.5) is 18.0 Å². The average Bonchev–Trinajstić information content (AvgIpc) is 3.47. The summed E-state index contributed by atoms with van der Waals surface area (Å²) >= 11 is 0. The van der Waals surface area contributed by atoms with E-state index in [1.807, 2.05) is 20.8 Å². The zero-order valence-electron chi connectivity index (χ0n) is 17.8. The molecular weight excluding hydrogens is 397 g/mol. The smallest absolute Gasteiger partial charge is 0.416 e. The summed E-state index contributed by atoms with van der Waals surface area (Å²) in [6.07, 6.45) is -3.35. The summed E-state index contributed by atoms with van der Waals surface area (Å²) < 4.78 is 39.4. The lowest BCUT2D eigenvalue weighted by Gasteiger charge is -2.47. The van der Waals surface area contributed by atoms with Gasteiger partial charge in [-0.3, -0.25) is 4.79 Å². The number of likely N-dealkylation sites (tertiary alicyclic amines) is 1. The molecule has 2 amide bonds. The third kappa shape index (κ3) is 4.14. The van der Waals surface area contributed by atoms with E-state index in [1.165, 1.54) is 11.0 Å². The number of benzene rings is 1. The molecule has 1 aliphatic heterocycles. The Labute approximate surface area is 174 Å². The van der Waals surface area contributed by atoms with E-state index < -0.39 is 23.2 Å². The molecule has 166 valence electrons. The molecule has 2 unspecified atom stereocenters. The molecule has 0 aromatic heterocycles. The van der Waals surface area contributed by atoms with Crippen molar-refractivity contribution in [3.8, 4) is 0 Å². The van der Waals surface area contributed by atoms with Crippen LogP contribution in [0, 0.1) is 5.41 Å². The Morgan fingerprint density at radius 3 is 2.33 bits per heavy atom. The largest absolute Gasteiger partial charge is 0.465 e. The van der Waals surface area contributed by atoms with Crippen LogP contribution in [0.2, 0.25) is 0 Å². The minimum Gasteiger partial charge on any atom is -0.465 e. The van der Waals surface area contributed by atoms with E-state index in [4.69, 9.17) is 0 Å². The molecule has 0 radical (unpaired) electrons. The Morgan fingerprint density at radius 1 is 1.20 bits per heavy atom. The fraction of sp³-hybridized carbons (Fsp3) is 0.636. The second-order valence-electron chi connectivity index (χ2n) is 9.61. The van der Waals surface area contributed by atoms with Crippen LogP contribution in [0.3, 0.4) is 0 Å². The Kier molecular flexibility index (Phi) is 5.58. The lowest BCUT2D eigenvalue weighted by atomic mass is 9.78. The highest BCUT2D eigenvalue weighted by molar-refractivity contribution is 5.91. The molecule has 1 saturated carbocycles. The van der Waals surface area contributed by atoms with Crippen molar-refractivity contribution in [3.05, 3.63) is 35.4 Å². The monoisotopic (exact) mass is 426 g/mol. The predicted molar refractivity (Wildman–Crippen MR) is 106 cm³/mol. The van der Waals surface area contributed by atoms with Crippen LogP contribution in [0.5, 0.6) is 0 Å². The molecule has 1 saturated heterocycles. The molecule has 1 heterocycles. The Morgan fingerprint density at radius 2 is 1.83 bits per heavy atom. The van der Waals surface area contributed by atoms with Crippen LogP contribution in [0.25, 0.3) is 0 Å². The summed E-state index contributed by atoms with van der Waals surface area (Å²) in [4.78, 5) is 28.1. The van der Waals surface area contributed by atoms with Gasteiger partial charge in [-0.15, -0.1) is 0 Å². The second-order valence-corrected chi connectivity index (χ2v) is 9.61. The van der Waals surface area contributed by atoms with Crippen LogP contribution in [-0.2, 0) is 16.4 Å². The van der Waals surface area contributed by atoms with E-state index >= 15 is 0 Å². The van der Waals surface area contributed by atoms with E-state index in [0.29, 0.717) is 37.8 Å². The van der Waals surface area contributed by atoms with Gasteiger partial charge in [-0.1, -0.05) is 39.0 Å². The lowest BCUT2D eigenvalue weighted by Crippen LogP contribution is -2.57. The third-order valence-electron chi connectivity index (χ3n) is 6.59. The average molecular weight is 426 g/mol. The van der Waals surface area contributed by atoms with Crippen molar-refractivity contribution in [2.45, 2.75) is 70.1 Å². The SMILES string of the molecule is CN(C(=O)C1(c2cccc(C(F)(F)F)c2)CC1)C1CCN(C(=O)O)C(C(C)(C)C)C1. The fourth-order valence-corrected chi connectivity index (χ4v) is 4.60. The van der Waals surface area contributed by atoms with Gasteiger partial charge in [-0.25, -0.2) is 4.79 Å². The van der Waals surface area contributed by atoms with E-state index in [9.17, 15) is 27.9 Å². The van der Waals surface area contributed by atoms with Gasteiger partial charge in [0.2, 0.25) is 5.91 Å². The first-order valence-corrected chi connectivity index (χ1v) is 10.2. The van der Waals surface area contributed by atoms with E-state index in [2.05, 4.69) is 0 Å². The first-order chi connectivity index (χ1) is 13.8. The van der Waals surface area contributed by atoms with E-state index in [-0.39, 0.29) is 23.4 Å². The number of rotatable bonds is 3. The quantitative estimate of drug-likeness (QED) is 0.759. The molecule has 2 fully saturated rings. The first kappa shape index (κ1) is 22.4. The number of hydrogen-bond acceptors (Lipinski definition) is 2. The van der Waals surface area contributed by atoms with Gasteiger partial charge in [0.05, 0.1) is 11.0 Å². The van der Waals surface area contributed by atoms with Gasteiger partial charge < -0.3 is 14.9 Å². The Balaban J connectivity index is 1.81. The summed E-state index contributed by atoms with van der Waals surface area (Å²) in [5, 5.41) is 9.54. The standard InChI is InChI=1S/C22H29F3N2O3/c1-20(2,3)17-13-16(8-11-27(17)19(29)30)26(4)18(28)21(9-10-21)14-6-5-7-15(12-14)22(23,24)25/h5-7,12,16-17H,8-11,13H2,1-4H3,(H,29,30). The zero-order valence-corrected chi connectivity index (χ0v) is 17.8. The highest BCUT2D eigenvalue weighted by Crippen LogP contribution is 2.51. The number of hydrogen-bond donors (Lipinski definition) is 1. The van der Waals surface area contributed by atoms with Crippen LogP contribution in [0.1, 0.15) is 57.6 Å². The van der Waals surface area contributed by atoms with Crippen molar-refractivity contribution < 1.29 is 27.9 Å². The molecule has 2 atom stereocenters. The molecule has 30 heavy (non-hydrogen) atoms. The number of alkyl halides is 3. The molecule has 1 N–H and O–H groups in total. The zero-order chi connectivity index (χ0) is 22.5. The molecule has 1 aromatic rings. The van der Waals surface area contributed by atoms with E-state index in [0.717, 1.165) is 12.1 Å². The highest BCUT2D eigenvalue weighted by Gasteiger charge is 2.54. The Hall–Kier alpha value is -2.25. The molecule has 1 aromatic carbocycles. The summed E-state index contributed by atoms with van der Waals surface area (Å²) in [6.45, 7) is 6.25. The van der Waals surface area contributed by atoms with Gasteiger partial charge in [-0.05, 0) is 42.7 Å². The number of amides is 2. The number of likely N-dealkylation sites (N-methyl/N-ethyl adjacent to an activating group) is 1. The first-order valence-electron chi connectivity index (χ1n) is 10.2. The second kappa shape index (κ2) is 7.46. The van der Waals surface area contributed by atoms with Gasteiger partial charge in [0.15, 0.2) is 0 Å². The van der Waals surface area contributed by atoms with Gasteiger partial charge >= 0.3 is 12.3 Å². The number of carbonyl (C=O) groups is 2. The van der Waals surface area contributed by atoms with Crippen LogP contribution in [-0.4, -0.2) is 52.6 Å². The van der Waals surface area contributed by atoms with Crippen molar-refractivity contribution in [1.82, 2.24) is 9.80 Å². The fourth-order valence-electron chi connectivity index (χ4n) is 4.60. The van der Waals surface area contributed by atoms with Crippen molar-refractivity contribution in [1.29, 1.82) is 0 Å². The van der Waals surface area contributed by atoms with Gasteiger partial charge in [0.1, 0.15) is 0 Å². The van der Waals surface area contributed by atoms with E-state index in [1.54, 1.807) is 18.0 Å². The van der Waals surface area contributed by atoms with Gasteiger partial charge in [0.25, 0.3) is 0 Å². The van der Waals surface area contributed by atoms with Crippen molar-refractivity contribution in [3.63, 3.8) is 0 Å². The van der Waals surface area contributed by atoms with Crippen molar-refractivity contribution in [2.75, 3.05) is 13.6 Å². The molecule has 5 nitrogen and oxygen atoms in total. The summed E-state index contributed by atoms with van der Waals surface area (Å²) in [7, 11) is 1.69. The van der Waals surface area contributed by atoms with Crippen LogP contribution < -0.4 is 0 Å². The Bertz CT molecular complexity index is 828. The van der Waals surface area contributed by atoms with Crippen LogP contribution in [0.15, 0.2) is 24.3 Å².